The standard InChI is InChI=1S/C38H52FN5O8S/c1-5-26-19-38(26,35(48)42-53(50,51)28-14-15-28)41-33(46)31-18-27(52-36(49)43-20-24-12-9-13-30(39)29(24)22-43)21-44(31)34(47)25(16-23-10-7-6-8-11-23)17-32(45)40-37(2,3)4/h5,9,12-13,23,25-28,31H,1,6-8,10-11,14-22H2,2-4H3,(H,40,45)(H,41,46)(H,42,48)/t25-,26-,27?,31+,38-/m1/s1. The molecular formula is C38H52FN5O8S. The molecule has 2 heterocycles. The number of carbonyl (C=O) groups is 5. The van der Waals surface area contributed by atoms with Crippen molar-refractivity contribution in [1.82, 2.24) is 25.2 Å². The molecule has 3 saturated carbocycles. The van der Waals surface area contributed by atoms with Crippen LogP contribution < -0.4 is 15.4 Å². The number of hydrogen-bond acceptors (Lipinski definition) is 8. The predicted octanol–water partition coefficient (Wildman–Crippen LogP) is 3.81. The predicted molar refractivity (Wildman–Crippen MR) is 192 cm³/mol. The second-order valence-electron chi connectivity index (χ2n) is 16.6. The molecule has 6 rings (SSSR count). The van der Waals surface area contributed by atoms with E-state index in [4.69, 9.17) is 4.74 Å². The second kappa shape index (κ2) is 15.0. The van der Waals surface area contributed by atoms with Gasteiger partial charge in [-0.15, -0.1) is 6.58 Å². The minimum absolute atomic E-state index is 0.0107. The van der Waals surface area contributed by atoms with Crippen LogP contribution in [0, 0.1) is 23.6 Å². The number of sulfonamides is 1. The molecule has 2 aliphatic heterocycles. The lowest BCUT2D eigenvalue weighted by molar-refractivity contribution is -0.144. The molecule has 1 aromatic carbocycles. The number of nitrogens with zero attached hydrogens (tertiary/aromatic N) is 2. The maximum atomic E-state index is 14.6. The molecule has 5 atom stereocenters. The second-order valence-corrected chi connectivity index (χ2v) is 18.6. The zero-order valence-corrected chi connectivity index (χ0v) is 31.6. The maximum Gasteiger partial charge on any atom is 0.410 e. The zero-order chi connectivity index (χ0) is 38.3. The molecule has 0 radical (unpaired) electrons. The van der Waals surface area contributed by atoms with E-state index in [1.807, 2.05) is 20.8 Å². The van der Waals surface area contributed by atoms with E-state index in [2.05, 4.69) is 21.9 Å². The molecule has 3 aliphatic carbocycles. The van der Waals surface area contributed by atoms with Crippen molar-refractivity contribution >= 4 is 39.7 Å². The van der Waals surface area contributed by atoms with Gasteiger partial charge in [0, 0.05) is 42.3 Å². The lowest BCUT2D eigenvalue weighted by atomic mass is 9.81. The van der Waals surface area contributed by atoms with Crippen LogP contribution in [0.2, 0.25) is 0 Å². The number of hydrogen-bond donors (Lipinski definition) is 3. The number of benzene rings is 1. The highest BCUT2D eigenvalue weighted by Crippen LogP contribution is 2.45. The van der Waals surface area contributed by atoms with Crippen LogP contribution in [0.3, 0.4) is 0 Å². The summed E-state index contributed by atoms with van der Waals surface area (Å²) in [7, 11) is -3.92. The number of rotatable bonds is 12. The lowest BCUT2D eigenvalue weighted by Crippen LogP contribution is -2.57. The minimum atomic E-state index is -3.92. The highest BCUT2D eigenvalue weighted by Gasteiger charge is 2.62. The van der Waals surface area contributed by atoms with Crippen LogP contribution in [0.25, 0.3) is 0 Å². The minimum Gasteiger partial charge on any atom is -0.444 e. The molecule has 1 aromatic rings. The van der Waals surface area contributed by atoms with E-state index >= 15 is 0 Å². The molecule has 15 heteroatoms. The van der Waals surface area contributed by atoms with E-state index in [0.29, 0.717) is 30.4 Å². The third-order valence-corrected chi connectivity index (χ3v) is 13.0. The summed E-state index contributed by atoms with van der Waals surface area (Å²) < 4.78 is 47.8. The van der Waals surface area contributed by atoms with Crippen LogP contribution in [0.4, 0.5) is 9.18 Å². The Bertz CT molecular complexity index is 1750. The SMILES string of the molecule is C=C[C@@H]1C[C@]1(NC(=O)[C@@H]1CC(OC(=O)N2Cc3cccc(F)c3C2)CN1C(=O)[C@@H](CC(=O)NC(C)(C)C)CC1CCCCC1)C(=O)NS(=O)(=O)C1CC1. The van der Waals surface area contributed by atoms with Crippen LogP contribution in [-0.2, 0) is 47.0 Å². The van der Waals surface area contributed by atoms with Crippen LogP contribution in [0.15, 0.2) is 30.9 Å². The van der Waals surface area contributed by atoms with Crippen LogP contribution >= 0.6 is 0 Å². The number of halogens is 1. The summed E-state index contributed by atoms with van der Waals surface area (Å²) in [6.07, 6.45) is 6.13. The van der Waals surface area contributed by atoms with Crippen molar-refractivity contribution in [1.29, 1.82) is 0 Å². The number of amides is 5. The normalized spacial score (nSPS) is 26.3. The monoisotopic (exact) mass is 757 g/mol. The first-order valence-corrected chi connectivity index (χ1v) is 20.4. The first-order chi connectivity index (χ1) is 25.0. The molecule has 0 spiro atoms. The van der Waals surface area contributed by atoms with Gasteiger partial charge in [0.15, 0.2) is 0 Å². The van der Waals surface area contributed by atoms with Gasteiger partial charge in [0.05, 0.1) is 18.3 Å². The number of ether oxygens (including phenoxy) is 1. The first-order valence-electron chi connectivity index (χ1n) is 18.8. The van der Waals surface area contributed by atoms with Crippen molar-refractivity contribution in [2.45, 2.75) is 133 Å². The van der Waals surface area contributed by atoms with Gasteiger partial charge in [-0.3, -0.25) is 28.8 Å². The lowest BCUT2D eigenvalue weighted by Gasteiger charge is -2.32. The maximum absolute atomic E-state index is 14.6. The van der Waals surface area contributed by atoms with Gasteiger partial charge in [0.2, 0.25) is 27.7 Å². The van der Waals surface area contributed by atoms with Crippen LogP contribution in [0.1, 0.15) is 103 Å². The van der Waals surface area contributed by atoms with Crippen molar-refractivity contribution in [3.63, 3.8) is 0 Å². The Morgan fingerprint density at radius 3 is 2.42 bits per heavy atom. The molecule has 13 nitrogen and oxygen atoms in total. The molecule has 3 N–H and O–H groups in total. The van der Waals surface area contributed by atoms with E-state index in [0.717, 1.165) is 32.1 Å². The molecule has 53 heavy (non-hydrogen) atoms. The zero-order valence-electron chi connectivity index (χ0n) is 30.8. The molecule has 4 fully saturated rings. The summed E-state index contributed by atoms with van der Waals surface area (Å²) >= 11 is 0. The summed E-state index contributed by atoms with van der Waals surface area (Å²) in [5.41, 5.74) is -1.05. The third-order valence-electron chi connectivity index (χ3n) is 11.2. The fraction of sp³-hybridized carbons (Fsp3) is 0.658. The topological polar surface area (TPSA) is 171 Å². The van der Waals surface area contributed by atoms with E-state index in [9.17, 15) is 36.8 Å². The highest BCUT2D eigenvalue weighted by molar-refractivity contribution is 7.91. The van der Waals surface area contributed by atoms with Crippen molar-refractivity contribution in [3.05, 3.63) is 47.8 Å². The summed E-state index contributed by atoms with van der Waals surface area (Å²) in [6, 6.07) is 3.45. The van der Waals surface area contributed by atoms with Gasteiger partial charge in [0.1, 0.15) is 23.5 Å². The molecule has 1 saturated heterocycles. The fourth-order valence-corrected chi connectivity index (χ4v) is 9.51. The number of likely N-dealkylation sites (tertiary alicyclic amines) is 1. The summed E-state index contributed by atoms with van der Waals surface area (Å²) in [5, 5.41) is 5.05. The van der Waals surface area contributed by atoms with Crippen LogP contribution in [0.5, 0.6) is 0 Å². The fourth-order valence-electron chi connectivity index (χ4n) is 8.15. The van der Waals surface area contributed by atoms with Gasteiger partial charge >= 0.3 is 6.09 Å². The smallest absolute Gasteiger partial charge is 0.410 e. The van der Waals surface area contributed by atoms with E-state index < -0.39 is 80.0 Å². The number of fused-ring (bicyclic) bond motifs is 1. The van der Waals surface area contributed by atoms with Crippen LogP contribution in [-0.4, -0.2) is 83.0 Å². The third kappa shape index (κ3) is 8.87. The average molecular weight is 758 g/mol. The van der Waals surface area contributed by atoms with Gasteiger partial charge in [-0.1, -0.05) is 50.3 Å². The molecule has 0 bridgehead atoms. The summed E-state index contributed by atoms with van der Waals surface area (Å²) in [5.74, 6) is -3.80. The van der Waals surface area contributed by atoms with Gasteiger partial charge in [-0.2, -0.15) is 0 Å². The molecule has 290 valence electrons. The van der Waals surface area contributed by atoms with E-state index in [-0.39, 0.29) is 50.7 Å². The molecule has 5 aliphatic rings. The molecular weight excluding hydrogens is 706 g/mol. The Kier molecular flexibility index (Phi) is 11.0. The Labute approximate surface area is 310 Å². The van der Waals surface area contributed by atoms with Gasteiger partial charge in [0.25, 0.3) is 5.91 Å². The summed E-state index contributed by atoms with van der Waals surface area (Å²) in [6.45, 7) is 9.33. The van der Waals surface area contributed by atoms with Gasteiger partial charge in [-0.25, -0.2) is 17.6 Å². The number of carbonyl (C=O) groups excluding carboxylic acids is 5. The van der Waals surface area contributed by atoms with Gasteiger partial charge < -0.3 is 20.3 Å². The van der Waals surface area contributed by atoms with Gasteiger partial charge in [-0.05, 0) is 64.0 Å². The molecule has 1 unspecified atom stereocenters. The van der Waals surface area contributed by atoms with Crippen molar-refractivity contribution in [2.75, 3.05) is 6.54 Å². The Hall–Kier alpha value is -4.01. The Morgan fingerprint density at radius 2 is 1.79 bits per heavy atom. The largest absolute Gasteiger partial charge is 0.444 e. The van der Waals surface area contributed by atoms with Crippen molar-refractivity contribution in [2.24, 2.45) is 17.8 Å². The average Bonchev–Trinajstić information content (AvgIpc) is 3.98. The Balaban J connectivity index is 1.23. The highest BCUT2D eigenvalue weighted by atomic mass is 32.2. The van der Waals surface area contributed by atoms with E-state index in [1.54, 1.807) is 12.1 Å². The Morgan fingerprint density at radius 1 is 1.08 bits per heavy atom. The number of nitrogens with one attached hydrogen (secondary N) is 3. The quantitative estimate of drug-likeness (QED) is 0.271. The first kappa shape index (κ1) is 38.7. The molecule has 5 amide bonds. The summed E-state index contributed by atoms with van der Waals surface area (Å²) in [4.78, 5) is 71.7. The van der Waals surface area contributed by atoms with Crippen molar-refractivity contribution in [3.8, 4) is 0 Å². The molecule has 0 aromatic heterocycles. The van der Waals surface area contributed by atoms with E-state index in [1.165, 1.54) is 21.9 Å². The van der Waals surface area contributed by atoms with Crippen molar-refractivity contribution < 1.29 is 41.5 Å².